The lowest BCUT2D eigenvalue weighted by atomic mass is 9.92. The highest BCUT2D eigenvalue weighted by Crippen LogP contribution is 2.36. The lowest BCUT2D eigenvalue weighted by Crippen LogP contribution is -2.71. The molecule has 0 aliphatic carbocycles. The number of hydrogen-bond donors (Lipinski definition) is 2. The van der Waals surface area contributed by atoms with Crippen molar-refractivity contribution >= 4 is 23.5 Å². The van der Waals surface area contributed by atoms with Crippen LogP contribution in [0.1, 0.15) is 12.8 Å². The number of anilines is 1. The van der Waals surface area contributed by atoms with E-state index in [1.165, 1.54) is 18.3 Å². The van der Waals surface area contributed by atoms with E-state index in [4.69, 9.17) is 9.26 Å². The summed E-state index contributed by atoms with van der Waals surface area (Å²) in [4.78, 5) is 47.1. The summed E-state index contributed by atoms with van der Waals surface area (Å²) in [6, 6.07) is 15.3. The number of rotatable bonds is 5. The number of carbonyl (C=O) groups excluding carboxylic acids is 3. The average molecular weight is 514 g/mol. The van der Waals surface area contributed by atoms with E-state index >= 15 is 0 Å². The third-order valence-corrected chi connectivity index (χ3v) is 6.47. The van der Waals surface area contributed by atoms with Gasteiger partial charge in [0.2, 0.25) is 11.7 Å². The molecule has 2 saturated heterocycles. The van der Waals surface area contributed by atoms with E-state index in [0.717, 1.165) is 0 Å². The van der Waals surface area contributed by atoms with Crippen molar-refractivity contribution in [2.24, 2.45) is 0 Å². The Hall–Kier alpha value is -5.13. The van der Waals surface area contributed by atoms with E-state index in [1.807, 2.05) is 0 Å². The smallest absolute Gasteiger partial charge is 0.328 e. The number of imide groups is 2. The molecule has 2 fully saturated rings. The number of aromatic nitrogens is 3. The second-order valence-electron chi connectivity index (χ2n) is 8.76. The number of nitrogens with one attached hydrogen (secondary N) is 2. The quantitative estimate of drug-likeness (QED) is 0.383. The van der Waals surface area contributed by atoms with Gasteiger partial charge in [-0.15, -0.1) is 0 Å². The highest BCUT2D eigenvalue weighted by molar-refractivity contribution is 6.24. The van der Waals surface area contributed by atoms with Crippen LogP contribution in [0.3, 0.4) is 0 Å². The molecule has 0 radical (unpaired) electrons. The van der Waals surface area contributed by atoms with Gasteiger partial charge in [-0.25, -0.2) is 14.2 Å². The number of ether oxygens (including phenoxy) is 1. The van der Waals surface area contributed by atoms with Gasteiger partial charge < -0.3 is 14.2 Å². The average Bonchev–Trinajstić information content (AvgIpc) is 3.58. The predicted molar refractivity (Wildman–Crippen MR) is 130 cm³/mol. The topological polar surface area (TPSA) is 140 Å². The first-order valence-corrected chi connectivity index (χ1v) is 11.7. The fourth-order valence-electron chi connectivity index (χ4n) is 4.62. The Morgan fingerprint density at radius 1 is 0.921 bits per heavy atom. The summed E-state index contributed by atoms with van der Waals surface area (Å²) in [7, 11) is 0. The van der Waals surface area contributed by atoms with E-state index in [2.05, 4.69) is 25.8 Å². The summed E-state index contributed by atoms with van der Waals surface area (Å²) >= 11 is 0. The minimum Gasteiger partial charge on any atom is -0.439 e. The number of halogens is 1. The van der Waals surface area contributed by atoms with Gasteiger partial charge in [-0.1, -0.05) is 5.16 Å². The van der Waals surface area contributed by atoms with Gasteiger partial charge in [-0.3, -0.25) is 20.2 Å². The third-order valence-electron chi connectivity index (χ3n) is 6.47. The van der Waals surface area contributed by atoms with Crippen molar-refractivity contribution in [3.63, 3.8) is 0 Å². The van der Waals surface area contributed by atoms with E-state index < -0.39 is 23.4 Å². The molecule has 2 N–H and O–H groups in total. The summed E-state index contributed by atoms with van der Waals surface area (Å²) < 4.78 is 24.3. The zero-order chi connectivity index (χ0) is 26.3. The monoisotopic (exact) mass is 514 g/mol. The first kappa shape index (κ1) is 23.3. The Kier molecular flexibility index (Phi) is 5.56. The van der Waals surface area contributed by atoms with Crippen molar-refractivity contribution in [2.75, 3.05) is 11.4 Å². The lowest BCUT2D eigenvalue weighted by Gasteiger charge is -2.38. The molecule has 4 amide bonds. The number of benzene rings is 2. The molecule has 2 aromatic heterocycles. The van der Waals surface area contributed by atoms with Gasteiger partial charge >= 0.3 is 6.03 Å². The number of barbiturate groups is 1. The Balaban J connectivity index is 1.15. The fraction of sp³-hybridized carbons (Fsp3) is 0.154. The maximum Gasteiger partial charge on any atom is 0.328 e. The molecule has 12 heteroatoms. The largest absolute Gasteiger partial charge is 0.439 e. The first-order valence-electron chi connectivity index (χ1n) is 11.7. The van der Waals surface area contributed by atoms with Crippen molar-refractivity contribution in [1.82, 2.24) is 25.8 Å². The number of hydrogen-bond acceptors (Lipinski definition) is 9. The number of nitrogens with zero attached hydrogens (tertiary/aromatic N) is 4. The normalized spacial score (nSPS) is 16.4. The van der Waals surface area contributed by atoms with Crippen LogP contribution >= 0.6 is 0 Å². The van der Waals surface area contributed by atoms with Crippen molar-refractivity contribution in [3.8, 4) is 34.5 Å². The third kappa shape index (κ3) is 4.01. The van der Waals surface area contributed by atoms with Gasteiger partial charge in [0.15, 0.2) is 5.54 Å². The van der Waals surface area contributed by atoms with Crippen LogP contribution in [0.5, 0.6) is 11.6 Å². The molecule has 4 aromatic rings. The molecule has 0 unspecified atom stereocenters. The van der Waals surface area contributed by atoms with Crippen LogP contribution in [0.15, 0.2) is 71.4 Å². The molecule has 190 valence electrons. The maximum atomic E-state index is 13.1. The Morgan fingerprint density at radius 2 is 1.63 bits per heavy atom. The molecule has 2 aliphatic rings. The van der Waals surface area contributed by atoms with Crippen LogP contribution in [-0.2, 0) is 9.59 Å². The molecule has 4 heterocycles. The van der Waals surface area contributed by atoms with E-state index in [1.54, 1.807) is 53.4 Å². The van der Waals surface area contributed by atoms with Crippen LogP contribution in [-0.4, -0.2) is 45.1 Å². The van der Waals surface area contributed by atoms with Crippen LogP contribution < -0.4 is 20.3 Å². The number of carbonyl (C=O) groups is 3. The summed E-state index contributed by atoms with van der Waals surface area (Å²) in [5.41, 5.74) is 0.371. The summed E-state index contributed by atoms with van der Waals surface area (Å²) in [6.07, 6.45) is 2.41. The highest BCUT2D eigenvalue weighted by atomic mass is 19.1. The fourth-order valence-corrected chi connectivity index (χ4v) is 4.62. The van der Waals surface area contributed by atoms with Crippen LogP contribution in [0.4, 0.5) is 14.9 Å². The Bertz CT molecular complexity index is 1520. The van der Waals surface area contributed by atoms with Crippen molar-refractivity contribution in [3.05, 3.63) is 72.7 Å². The van der Waals surface area contributed by atoms with Crippen LogP contribution in [0.2, 0.25) is 0 Å². The molecular formula is C26H19FN6O5. The molecule has 38 heavy (non-hydrogen) atoms. The summed E-state index contributed by atoms with van der Waals surface area (Å²) in [5, 5.41) is 8.36. The van der Waals surface area contributed by atoms with Crippen LogP contribution in [0.25, 0.3) is 22.8 Å². The first-order chi connectivity index (χ1) is 18.4. The van der Waals surface area contributed by atoms with E-state index in [0.29, 0.717) is 47.2 Å². The zero-order valence-corrected chi connectivity index (χ0v) is 19.7. The van der Waals surface area contributed by atoms with Gasteiger partial charge in [0.25, 0.3) is 17.7 Å². The molecular weight excluding hydrogens is 495 g/mol. The molecule has 2 aromatic carbocycles. The predicted octanol–water partition coefficient (Wildman–Crippen LogP) is 3.44. The molecule has 0 bridgehead atoms. The Morgan fingerprint density at radius 3 is 2.32 bits per heavy atom. The van der Waals surface area contributed by atoms with Crippen molar-refractivity contribution in [2.45, 2.75) is 18.4 Å². The molecule has 2 aliphatic heterocycles. The SMILES string of the molecule is O=C1NC(=O)C2(CCCN2c2ccc(Oc3ccc(-c4noc(-c5ccc(F)cc5)n4)cc3)nc2)C(=O)N1. The van der Waals surface area contributed by atoms with Gasteiger partial charge in [0.05, 0.1) is 11.9 Å². The second-order valence-corrected chi connectivity index (χ2v) is 8.76. The van der Waals surface area contributed by atoms with Crippen molar-refractivity contribution < 1.29 is 28.0 Å². The standard InChI is InChI=1S/C26H19FN6O5/c27-17-6-2-16(3-7-17)22-29-21(32-38-22)15-4-9-19(10-5-15)37-20-11-8-18(14-28-20)33-13-1-12-26(33)23(34)30-25(36)31-24(26)35/h2-11,14H,1,12-13H2,(H2,30,31,34,35,36). The molecule has 0 saturated carbocycles. The minimum atomic E-state index is -1.49. The summed E-state index contributed by atoms with van der Waals surface area (Å²) in [5.74, 6) is -0.172. The number of amides is 4. The molecule has 6 rings (SSSR count). The lowest BCUT2D eigenvalue weighted by molar-refractivity contribution is -0.137. The summed E-state index contributed by atoms with van der Waals surface area (Å²) in [6.45, 7) is 0.456. The number of pyridine rings is 1. The molecule has 11 nitrogen and oxygen atoms in total. The second kappa shape index (κ2) is 9.07. The van der Waals surface area contributed by atoms with Gasteiger partial charge in [-0.2, -0.15) is 4.98 Å². The molecule has 0 atom stereocenters. The highest BCUT2D eigenvalue weighted by Gasteiger charge is 2.57. The van der Waals surface area contributed by atoms with Gasteiger partial charge in [-0.05, 0) is 67.4 Å². The van der Waals surface area contributed by atoms with Crippen LogP contribution in [0, 0.1) is 5.82 Å². The maximum absolute atomic E-state index is 13.1. The van der Waals surface area contributed by atoms with E-state index in [9.17, 15) is 18.8 Å². The molecule has 1 spiro atoms. The number of urea groups is 1. The van der Waals surface area contributed by atoms with E-state index in [-0.39, 0.29) is 18.1 Å². The zero-order valence-electron chi connectivity index (χ0n) is 19.7. The van der Waals surface area contributed by atoms with Crippen molar-refractivity contribution in [1.29, 1.82) is 0 Å². The minimum absolute atomic E-state index is 0.277. The van der Waals surface area contributed by atoms with Gasteiger partial charge in [0, 0.05) is 23.7 Å². The Labute approximate surface area is 214 Å². The van der Waals surface area contributed by atoms with Gasteiger partial charge in [0.1, 0.15) is 11.6 Å².